The molecule has 1 aromatic heterocycles. The molecule has 21 heavy (non-hydrogen) atoms. The van der Waals surface area contributed by atoms with E-state index in [0.717, 1.165) is 27.8 Å². The normalized spacial score (nSPS) is 10.7. The van der Waals surface area contributed by atoms with Gasteiger partial charge in [0, 0.05) is 23.4 Å². The molecule has 1 N–H and O–H groups in total. The number of thiophene rings is 1. The van der Waals surface area contributed by atoms with Crippen LogP contribution in [-0.4, -0.2) is 4.92 Å². The van der Waals surface area contributed by atoms with Crippen LogP contribution in [0.1, 0.15) is 5.56 Å². The third-order valence-corrected chi connectivity index (χ3v) is 4.20. The van der Waals surface area contributed by atoms with E-state index in [9.17, 15) is 14.5 Å². The van der Waals surface area contributed by atoms with Crippen molar-refractivity contribution in [3.8, 4) is 0 Å². The highest BCUT2D eigenvalue weighted by Crippen LogP contribution is 2.29. The molecule has 3 rings (SSSR count). The molecule has 106 valence electrons. The Labute approximate surface area is 124 Å². The van der Waals surface area contributed by atoms with E-state index in [1.165, 1.54) is 6.07 Å². The lowest BCUT2D eigenvalue weighted by molar-refractivity contribution is -0.384. The van der Waals surface area contributed by atoms with Crippen molar-refractivity contribution in [1.82, 2.24) is 0 Å². The predicted octanol–water partition coefficient (Wildman–Crippen LogP) is 4.56. The number of rotatable bonds is 4. The minimum absolute atomic E-state index is 0.129. The monoisotopic (exact) mass is 302 g/mol. The molecular weight excluding hydrogens is 291 g/mol. The molecule has 1 heterocycles. The first-order valence-electron chi connectivity index (χ1n) is 6.28. The van der Waals surface area contributed by atoms with E-state index in [2.05, 4.69) is 5.32 Å². The lowest BCUT2D eigenvalue weighted by Gasteiger charge is -2.06. The van der Waals surface area contributed by atoms with Gasteiger partial charge in [-0.25, -0.2) is 4.39 Å². The molecule has 0 spiro atoms. The summed E-state index contributed by atoms with van der Waals surface area (Å²) in [4.78, 5) is 10.4. The Hall–Kier alpha value is -2.47. The second kappa shape index (κ2) is 5.49. The molecule has 2 aromatic carbocycles. The zero-order chi connectivity index (χ0) is 14.8. The summed E-state index contributed by atoms with van der Waals surface area (Å²) in [6.07, 6.45) is 0. The maximum Gasteiger partial charge on any atom is 0.292 e. The van der Waals surface area contributed by atoms with E-state index in [1.54, 1.807) is 11.3 Å². The molecule has 0 unspecified atom stereocenters. The van der Waals surface area contributed by atoms with Gasteiger partial charge in [-0.3, -0.25) is 10.1 Å². The Kier molecular flexibility index (Phi) is 3.53. The Morgan fingerprint density at radius 3 is 2.86 bits per heavy atom. The van der Waals surface area contributed by atoms with Gasteiger partial charge < -0.3 is 5.32 Å². The van der Waals surface area contributed by atoms with Crippen LogP contribution in [-0.2, 0) is 6.54 Å². The number of hydrogen-bond donors (Lipinski definition) is 1. The summed E-state index contributed by atoms with van der Waals surface area (Å²) in [7, 11) is 0. The van der Waals surface area contributed by atoms with Crippen LogP contribution in [0.25, 0.3) is 10.1 Å². The molecule has 3 aromatic rings. The first-order chi connectivity index (χ1) is 10.1. The third-order valence-electron chi connectivity index (χ3n) is 3.19. The molecule has 0 aliphatic heterocycles. The van der Waals surface area contributed by atoms with Crippen LogP contribution in [0.2, 0.25) is 0 Å². The van der Waals surface area contributed by atoms with Crippen molar-refractivity contribution in [2.24, 2.45) is 0 Å². The summed E-state index contributed by atoms with van der Waals surface area (Å²) < 4.78 is 14.4. The van der Waals surface area contributed by atoms with Crippen LogP contribution in [0.3, 0.4) is 0 Å². The van der Waals surface area contributed by atoms with Crippen molar-refractivity contribution in [2.75, 3.05) is 5.32 Å². The van der Waals surface area contributed by atoms with Crippen molar-refractivity contribution in [2.45, 2.75) is 6.54 Å². The van der Waals surface area contributed by atoms with Crippen LogP contribution in [0, 0.1) is 15.9 Å². The number of hydrogen-bond acceptors (Lipinski definition) is 4. The van der Waals surface area contributed by atoms with Crippen molar-refractivity contribution >= 4 is 32.8 Å². The summed E-state index contributed by atoms with van der Waals surface area (Å²) in [6, 6.07) is 11.3. The number of nitro benzene ring substituents is 1. The zero-order valence-electron chi connectivity index (χ0n) is 10.9. The Morgan fingerprint density at radius 2 is 2.05 bits per heavy atom. The molecule has 0 saturated heterocycles. The van der Waals surface area contributed by atoms with Gasteiger partial charge in [0.2, 0.25) is 0 Å². The maximum absolute atomic E-state index is 13.3. The molecule has 0 radical (unpaired) electrons. The van der Waals surface area contributed by atoms with Crippen LogP contribution in [0.5, 0.6) is 0 Å². The van der Waals surface area contributed by atoms with Crippen molar-refractivity contribution < 1.29 is 9.31 Å². The quantitative estimate of drug-likeness (QED) is 0.567. The number of fused-ring (bicyclic) bond motifs is 1. The number of halogens is 1. The Balaban J connectivity index is 1.88. The van der Waals surface area contributed by atoms with E-state index in [1.807, 2.05) is 29.6 Å². The van der Waals surface area contributed by atoms with Crippen LogP contribution >= 0.6 is 11.3 Å². The molecule has 0 aliphatic rings. The number of nitrogens with zero attached hydrogens (tertiary/aromatic N) is 1. The lowest BCUT2D eigenvalue weighted by atomic mass is 10.1. The van der Waals surface area contributed by atoms with E-state index in [0.29, 0.717) is 6.54 Å². The van der Waals surface area contributed by atoms with Crippen molar-refractivity contribution in [3.63, 3.8) is 0 Å². The molecule has 0 aliphatic carbocycles. The lowest BCUT2D eigenvalue weighted by Crippen LogP contribution is -2.02. The Morgan fingerprint density at radius 1 is 1.24 bits per heavy atom. The maximum atomic E-state index is 13.3. The second-order valence-corrected chi connectivity index (χ2v) is 5.44. The molecule has 6 heteroatoms. The Bertz CT molecular complexity index is 816. The first kappa shape index (κ1) is 13.5. The number of benzene rings is 2. The van der Waals surface area contributed by atoms with Gasteiger partial charge in [-0.2, -0.15) is 0 Å². The van der Waals surface area contributed by atoms with Gasteiger partial charge in [-0.1, -0.05) is 18.2 Å². The molecule has 0 atom stereocenters. The summed E-state index contributed by atoms with van der Waals surface area (Å²) in [5.41, 5.74) is 1.10. The van der Waals surface area contributed by atoms with Crippen LogP contribution in [0.4, 0.5) is 15.8 Å². The second-order valence-electron chi connectivity index (χ2n) is 4.53. The molecule has 0 fully saturated rings. The molecule has 0 bridgehead atoms. The third kappa shape index (κ3) is 2.71. The van der Waals surface area contributed by atoms with Gasteiger partial charge in [-0.15, -0.1) is 11.3 Å². The summed E-state index contributed by atoms with van der Waals surface area (Å²) in [5, 5.41) is 17.0. The topological polar surface area (TPSA) is 55.2 Å². The van der Waals surface area contributed by atoms with Crippen molar-refractivity contribution in [1.29, 1.82) is 0 Å². The largest absolute Gasteiger partial charge is 0.375 e. The molecule has 0 saturated carbocycles. The standard InChI is InChI=1S/C15H11FN2O2S/c16-11-5-6-14(18(19)20)13(7-11)17-8-10-9-21-15-4-2-1-3-12(10)15/h1-7,9,17H,8H2. The molecular formula is C15H11FN2O2S. The number of nitrogens with one attached hydrogen (secondary N) is 1. The van der Waals surface area contributed by atoms with E-state index < -0.39 is 10.7 Å². The highest BCUT2D eigenvalue weighted by Gasteiger charge is 2.14. The average Bonchev–Trinajstić information content (AvgIpc) is 2.88. The van der Waals surface area contributed by atoms with Crippen LogP contribution < -0.4 is 5.32 Å². The van der Waals surface area contributed by atoms with Gasteiger partial charge >= 0.3 is 0 Å². The van der Waals surface area contributed by atoms with Crippen molar-refractivity contribution in [3.05, 3.63) is 69.3 Å². The SMILES string of the molecule is O=[N+]([O-])c1ccc(F)cc1NCc1csc2ccccc12. The predicted molar refractivity (Wildman–Crippen MR) is 82.2 cm³/mol. The van der Waals surface area contributed by atoms with E-state index in [-0.39, 0.29) is 11.4 Å². The zero-order valence-corrected chi connectivity index (χ0v) is 11.7. The van der Waals surface area contributed by atoms with Gasteiger partial charge in [0.15, 0.2) is 0 Å². The minimum atomic E-state index is -0.520. The number of anilines is 1. The highest BCUT2D eigenvalue weighted by molar-refractivity contribution is 7.17. The summed E-state index contributed by atoms with van der Waals surface area (Å²) in [5.74, 6) is -0.502. The molecule has 0 amide bonds. The first-order valence-corrected chi connectivity index (χ1v) is 7.16. The summed E-state index contributed by atoms with van der Waals surface area (Å²) in [6.45, 7) is 0.411. The summed E-state index contributed by atoms with van der Waals surface area (Å²) >= 11 is 1.61. The fraction of sp³-hybridized carbons (Fsp3) is 0.0667. The van der Waals surface area contributed by atoms with E-state index in [4.69, 9.17) is 0 Å². The van der Waals surface area contributed by atoms with E-state index >= 15 is 0 Å². The average molecular weight is 302 g/mol. The van der Waals surface area contributed by atoms with Gasteiger partial charge in [0.05, 0.1) is 4.92 Å². The minimum Gasteiger partial charge on any atom is -0.375 e. The van der Waals surface area contributed by atoms with Gasteiger partial charge in [0.25, 0.3) is 5.69 Å². The van der Waals surface area contributed by atoms with Gasteiger partial charge in [-0.05, 0) is 28.5 Å². The number of nitro groups is 1. The highest BCUT2D eigenvalue weighted by atomic mass is 32.1. The fourth-order valence-corrected chi connectivity index (χ4v) is 3.13. The van der Waals surface area contributed by atoms with Gasteiger partial charge in [0.1, 0.15) is 11.5 Å². The molecule has 4 nitrogen and oxygen atoms in total. The smallest absolute Gasteiger partial charge is 0.292 e. The van der Waals surface area contributed by atoms with Crippen LogP contribution in [0.15, 0.2) is 47.8 Å². The fourth-order valence-electron chi connectivity index (χ4n) is 2.17.